The summed E-state index contributed by atoms with van der Waals surface area (Å²) in [7, 11) is 0. The van der Waals surface area contributed by atoms with E-state index in [0.717, 1.165) is 0 Å². The van der Waals surface area contributed by atoms with Gasteiger partial charge in [0.15, 0.2) is 0 Å². The Hall–Kier alpha value is -0.530. The average Bonchev–Trinajstić information content (AvgIpc) is 1.83. The van der Waals surface area contributed by atoms with E-state index >= 15 is 0 Å². The van der Waals surface area contributed by atoms with Gasteiger partial charge in [0.1, 0.15) is 6.04 Å². The minimum atomic E-state index is -1.47. The molecule has 0 radical (unpaired) electrons. The van der Waals surface area contributed by atoms with E-state index in [-0.39, 0.29) is 37.7 Å². The van der Waals surface area contributed by atoms with E-state index in [1.54, 1.807) is 5.32 Å². The van der Waals surface area contributed by atoms with Gasteiger partial charge < -0.3 is 21.3 Å². The summed E-state index contributed by atoms with van der Waals surface area (Å²) < 4.78 is 0. The molecule has 0 aromatic carbocycles. The molecule has 0 heterocycles. The summed E-state index contributed by atoms with van der Waals surface area (Å²) in [6.45, 7) is 0. The van der Waals surface area contributed by atoms with Gasteiger partial charge in [0, 0.05) is 0 Å². The van der Waals surface area contributed by atoms with Crippen molar-refractivity contribution in [1.82, 2.24) is 5.32 Å². The van der Waals surface area contributed by atoms with Crippen molar-refractivity contribution in [2.75, 3.05) is 0 Å². The molecule has 0 bridgehead atoms. The van der Waals surface area contributed by atoms with Crippen molar-refractivity contribution < 1.29 is 24.6 Å². The number of amides is 2. The van der Waals surface area contributed by atoms with Crippen LogP contribution in [0.1, 0.15) is 6.42 Å². The predicted octanol–water partition coefficient (Wildman–Crippen LogP) is -1.80. The predicted molar refractivity (Wildman–Crippen MR) is 42.1 cm³/mol. The number of primary amides is 1. The Balaban J connectivity index is 0. The first kappa shape index (κ1) is 15.0. The van der Waals surface area contributed by atoms with Gasteiger partial charge in [-0.15, -0.1) is 0 Å². The molecule has 0 fully saturated rings. The fourth-order valence-corrected chi connectivity index (χ4v) is 0.546. The molecule has 8 heteroatoms. The van der Waals surface area contributed by atoms with Gasteiger partial charge >= 0.3 is 55.7 Å². The Bertz CT molecular complexity index is 203. The maximum atomic E-state index is 10.2. The third kappa shape index (κ3) is 7.82. The van der Waals surface area contributed by atoms with Crippen LogP contribution in [0.25, 0.3) is 0 Å². The summed E-state index contributed by atoms with van der Waals surface area (Å²) in [5.74, 6) is -2.76. The summed E-state index contributed by atoms with van der Waals surface area (Å²) in [4.78, 5) is 30.4. The van der Waals surface area contributed by atoms with Crippen molar-refractivity contribution in [2.24, 2.45) is 5.73 Å². The van der Waals surface area contributed by atoms with E-state index in [9.17, 15) is 14.4 Å². The minimum absolute atomic E-state index is 0. The quantitative estimate of drug-likeness (QED) is 0.412. The minimum Gasteiger partial charge on any atom is -0.481 e. The molecule has 0 saturated heterocycles. The standard InChI is InChI=1S/C5H8N2O5.Ca/c6-5(12)7-2(4(10)11)1-3(8)9;/h2H,1H2,(H,8,9)(H,10,11)(H3,6,7,12);/q;+2. The molecule has 1 unspecified atom stereocenters. The van der Waals surface area contributed by atoms with Crippen LogP contribution in [0.4, 0.5) is 4.79 Å². The Labute approximate surface area is 103 Å². The summed E-state index contributed by atoms with van der Waals surface area (Å²) in [5.41, 5.74) is 4.60. The van der Waals surface area contributed by atoms with Crippen LogP contribution < -0.4 is 11.1 Å². The number of nitrogens with two attached hydrogens (primary N) is 1. The molecule has 0 aliphatic rings. The van der Waals surface area contributed by atoms with Crippen LogP contribution in [0.5, 0.6) is 0 Å². The second-order valence-electron chi connectivity index (χ2n) is 2.00. The fourth-order valence-electron chi connectivity index (χ4n) is 0.546. The van der Waals surface area contributed by atoms with Crippen LogP contribution >= 0.6 is 0 Å². The van der Waals surface area contributed by atoms with Gasteiger partial charge in [-0.3, -0.25) is 4.79 Å². The zero-order chi connectivity index (χ0) is 9.72. The molecule has 13 heavy (non-hydrogen) atoms. The first-order valence-electron chi connectivity index (χ1n) is 2.94. The van der Waals surface area contributed by atoms with E-state index in [1.807, 2.05) is 0 Å². The van der Waals surface area contributed by atoms with E-state index in [4.69, 9.17) is 10.2 Å². The van der Waals surface area contributed by atoms with Gasteiger partial charge in [-0.1, -0.05) is 0 Å². The Morgan fingerprint density at radius 1 is 1.31 bits per heavy atom. The van der Waals surface area contributed by atoms with E-state index in [0.29, 0.717) is 0 Å². The summed E-state index contributed by atoms with van der Waals surface area (Å²) in [5, 5.41) is 18.3. The van der Waals surface area contributed by atoms with Crippen LogP contribution in [0, 0.1) is 0 Å². The summed E-state index contributed by atoms with van der Waals surface area (Å²) in [6.07, 6.45) is -0.696. The molecule has 2 amide bonds. The maximum absolute atomic E-state index is 10.2. The van der Waals surface area contributed by atoms with Gasteiger partial charge in [0.05, 0.1) is 6.42 Å². The molecule has 5 N–H and O–H groups in total. The zero-order valence-electron chi connectivity index (χ0n) is 6.69. The van der Waals surface area contributed by atoms with Gasteiger partial charge in [-0.05, 0) is 0 Å². The third-order valence-corrected chi connectivity index (χ3v) is 0.993. The van der Waals surface area contributed by atoms with Crippen LogP contribution in [0.3, 0.4) is 0 Å². The topological polar surface area (TPSA) is 130 Å². The Kier molecular flexibility index (Phi) is 7.98. The molecule has 0 aromatic rings. The first-order chi connectivity index (χ1) is 5.43. The van der Waals surface area contributed by atoms with Gasteiger partial charge in [-0.2, -0.15) is 0 Å². The number of carboxylic acids is 2. The number of carbonyl (C=O) groups is 3. The molecule has 0 spiro atoms. The number of aliphatic carboxylic acids is 2. The Morgan fingerprint density at radius 3 is 2.00 bits per heavy atom. The second kappa shape index (κ2) is 6.93. The number of carbonyl (C=O) groups excluding carboxylic acids is 1. The van der Waals surface area contributed by atoms with Gasteiger partial charge in [0.2, 0.25) is 0 Å². The second-order valence-corrected chi connectivity index (χ2v) is 2.00. The zero-order valence-corrected chi connectivity index (χ0v) is 8.90. The van der Waals surface area contributed by atoms with Gasteiger partial charge in [-0.25, -0.2) is 9.59 Å². The molecule has 7 nitrogen and oxygen atoms in total. The largest absolute Gasteiger partial charge is 2.00 e. The maximum Gasteiger partial charge on any atom is 2.00 e. The van der Waals surface area contributed by atoms with Crippen molar-refractivity contribution in [3.8, 4) is 0 Å². The number of nitrogens with one attached hydrogen (secondary N) is 1. The summed E-state index contributed by atoms with van der Waals surface area (Å²) in [6, 6.07) is -2.54. The molecule has 0 aliphatic carbocycles. The number of hydrogen-bond donors (Lipinski definition) is 4. The molecular formula is C5H8CaN2O5+2. The Morgan fingerprint density at radius 2 is 1.77 bits per heavy atom. The van der Waals surface area contributed by atoms with E-state index in [2.05, 4.69) is 5.73 Å². The SMILES string of the molecule is NC(=O)NC(CC(=O)O)C(=O)O.[Ca+2]. The van der Waals surface area contributed by atoms with Gasteiger partial charge in [0.25, 0.3) is 0 Å². The number of hydrogen-bond acceptors (Lipinski definition) is 3. The van der Waals surface area contributed by atoms with Crippen molar-refractivity contribution in [1.29, 1.82) is 0 Å². The first-order valence-corrected chi connectivity index (χ1v) is 2.94. The normalized spacial score (nSPS) is 10.8. The molecule has 0 aliphatic heterocycles. The molecule has 68 valence electrons. The average molecular weight is 216 g/mol. The smallest absolute Gasteiger partial charge is 0.481 e. The molecular weight excluding hydrogens is 208 g/mol. The van der Waals surface area contributed by atoms with Crippen molar-refractivity contribution in [3.63, 3.8) is 0 Å². The van der Waals surface area contributed by atoms with Crippen LogP contribution in [0.15, 0.2) is 0 Å². The van der Waals surface area contributed by atoms with Crippen molar-refractivity contribution in [2.45, 2.75) is 12.5 Å². The number of carboxylic acid groups (broad SMARTS) is 2. The fraction of sp³-hybridized carbons (Fsp3) is 0.400. The molecule has 0 saturated carbocycles. The third-order valence-electron chi connectivity index (χ3n) is 0.993. The molecule has 1 atom stereocenters. The van der Waals surface area contributed by atoms with Crippen molar-refractivity contribution >= 4 is 55.7 Å². The van der Waals surface area contributed by atoms with Crippen LogP contribution in [-0.4, -0.2) is 72.0 Å². The van der Waals surface area contributed by atoms with Crippen LogP contribution in [0.2, 0.25) is 0 Å². The van der Waals surface area contributed by atoms with Crippen molar-refractivity contribution in [3.05, 3.63) is 0 Å². The van der Waals surface area contributed by atoms with E-state index < -0.39 is 30.4 Å². The van der Waals surface area contributed by atoms with E-state index in [1.165, 1.54) is 0 Å². The van der Waals surface area contributed by atoms with Crippen LogP contribution in [-0.2, 0) is 9.59 Å². The number of rotatable bonds is 4. The molecule has 0 rings (SSSR count). The summed E-state index contributed by atoms with van der Waals surface area (Å²) >= 11 is 0. The molecule has 0 aromatic heterocycles. The number of urea groups is 1. The monoisotopic (exact) mass is 216 g/mol.